The predicted octanol–water partition coefficient (Wildman–Crippen LogP) is 3.78. The summed E-state index contributed by atoms with van der Waals surface area (Å²) >= 11 is 0. The fourth-order valence-electron chi connectivity index (χ4n) is 2.48. The number of fused-ring (bicyclic) bond motifs is 1. The van der Waals surface area contributed by atoms with E-state index in [0.29, 0.717) is 16.5 Å². The smallest absolute Gasteiger partial charge is 0.411 e. The number of amides is 1. The lowest BCUT2D eigenvalue weighted by molar-refractivity contribution is 0.114. The third-order valence-electron chi connectivity index (χ3n) is 3.58. The molecule has 118 valence electrons. The summed E-state index contributed by atoms with van der Waals surface area (Å²) in [5, 5.41) is 10.5. The molecular formula is C17H21NO4. The Kier molecular flexibility index (Phi) is 1.71. The van der Waals surface area contributed by atoms with Gasteiger partial charge in [0.2, 0.25) is 0 Å². The van der Waals surface area contributed by atoms with E-state index in [-0.39, 0.29) is 10.7 Å². The number of aliphatic hydroxyl groups is 1. The van der Waals surface area contributed by atoms with Crippen LogP contribution in [-0.4, -0.2) is 28.2 Å². The maximum Gasteiger partial charge on any atom is 0.411 e. The van der Waals surface area contributed by atoms with Gasteiger partial charge in [0.05, 0.1) is 12.6 Å². The molecule has 5 heteroatoms. The molecule has 1 amide bonds. The number of rotatable bonds is 2. The first kappa shape index (κ1) is 7.51. The number of furan rings is 1. The van der Waals surface area contributed by atoms with Gasteiger partial charge in [-0.2, -0.15) is 0 Å². The molecule has 3 rings (SSSR count). The van der Waals surface area contributed by atoms with Crippen LogP contribution in [-0.2, 0) is 4.74 Å². The summed E-state index contributed by atoms with van der Waals surface area (Å²) in [7, 11) is 0. The molecule has 0 saturated carbocycles. The first-order chi connectivity index (χ1) is 14.0. The van der Waals surface area contributed by atoms with Crippen LogP contribution in [0.25, 0.3) is 11.0 Å². The molecule has 1 aromatic carbocycles. The lowest BCUT2D eigenvalue weighted by atomic mass is 10.1. The van der Waals surface area contributed by atoms with Gasteiger partial charge in [0.15, 0.2) is 6.10 Å². The molecule has 1 fully saturated rings. The summed E-state index contributed by atoms with van der Waals surface area (Å²) in [5.74, 6) is 0.0643. The van der Waals surface area contributed by atoms with E-state index in [1.807, 2.05) is 0 Å². The van der Waals surface area contributed by atoms with Crippen molar-refractivity contribution in [2.75, 3.05) is 6.54 Å². The van der Waals surface area contributed by atoms with Crippen molar-refractivity contribution >= 4 is 17.1 Å². The Morgan fingerprint density at radius 2 is 2.23 bits per heavy atom. The van der Waals surface area contributed by atoms with E-state index >= 15 is 0 Å². The second-order valence-corrected chi connectivity index (χ2v) is 5.28. The van der Waals surface area contributed by atoms with E-state index in [2.05, 4.69) is 0 Å². The minimum absolute atomic E-state index is 0.0643. The van der Waals surface area contributed by atoms with Crippen LogP contribution >= 0.6 is 0 Å². The Morgan fingerprint density at radius 3 is 2.91 bits per heavy atom. The van der Waals surface area contributed by atoms with Crippen molar-refractivity contribution in [1.29, 1.82) is 0 Å². The second kappa shape index (κ2) is 5.02. The Bertz CT molecular complexity index is 954. The monoisotopic (exact) mass is 312 g/mol. The number of aliphatic hydroxyl groups excluding tert-OH is 1. The van der Waals surface area contributed by atoms with Gasteiger partial charge in [-0.05, 0) is 33.5 Å². The number of ether oxygens (including phenoxy) is 1. The fourth-order valence-corrected chi connectivity index (χ4v) is 2.48. The standard InChI is InChI=1S/C17H21NO4/c1-10(19)12-7-5-6-11-8-13(21-15(11)12)14-9-18(16(20)22-14)17(2,3)4/h5-8,10,14,19H,9H2,1-4H3/i2D3,3D3,4D3. The highest BCUT2D eigenvalue weighted by Crippen LogP contribution is 2.35. The Balaban J connectivity index is 2.09. The summed E-state index contributed by atoms with van der Waals surface area (Å²) < 4.78 is 80.6. The summed E-state index contributed by atoms with van der Waals surface area (Å²) in [6, 6.07) is 6.50. The van der Waals surface area contributed by atoms with Gasteiger partial charge in [0, 0.05) is 28.8 Å². The average molecular weight is 312 g/mol. The van der Waals surface area contributed by atoms with Crippen LogP contribution in [0.15, 0.2) is 28.7 Å². The first-order valence-corrected chi connectivity index (χ1v) is 6.71. The van der Waals surface area contributed by atoms with Gasteiger partial charge in [0.25, 0.3) is 0 Å². The molecule has 2 unspecified atom stereocenters. The van der Waals surface area contributed by atoms with E-state index in [1.165, 1.54) is 13.0 Å². The quantitative estimate of drug-likeness (QED) is 0.916. The van der Waals surface area contributed by atoms with E-state index in [1.54, 1.807) is 18.2 Å². The molecule has 1 saturated heterocycles. The maximum atomic E-state index is 12.6. The summed E-state index contributed by atoms with van der Waals surface area (Å²) in [6.07, 6.45) is -3.49. The molecule has 0 bridgehead atoms. The normalized spacial score (nSPS) is 28.3. The Labute approximate surface area is 142 Å². The minimum atomic E-state index is -3.58. The van der Waals surface area contributed by atoms with Crippen LogP contribution in [0.1, 0.15) is 63.3 Å². The third kappa shape index (κ3) is 2.46. The molecule has 5 nitrogen and oxygen atoms in total. The SMILES string of the molecule is [2H]C([2H])([2H])C(N1CC(c2cc3cccc(C(C)O)c3o2)OC1=O)(C([2H])([2H])[2H])C([2H])([2H])[2H]. The summed E-state index contributed by atoms with van der Waals surface area (Å²) in [6.45, 7) is -9.86. The molecule has 1 N–H and O–H groups in total. The molecule has 0 radical (unpaired) electrons. The number of cyclic esters (lactones) is 1. The van der Waals surface area contributed by atoms with Crippen molar-refractivity contribution in [2.24, 2.45) is 0 Å². The highest BCUT2D eigenvalue weighted by atomic mass is 16.6. The number of carbonyl (C=O) groups excluding carboxylic acids is 1. The van der Waals surface area contributed by atoms with E-state index in [4.69, 9.17) is 21.5 Å². The van der Waals surface area contributed by atoms with Crippen molar-refractivity contribution in [2.45, 2.75) is 45.2 Å². The molecule has 2 atom stereocenters. The third-order valence-corrected chi connectivity index (χ3v) is 3.58. The predicted molar refractivity (Wildman–Crippen MR) is 82.5 cm³/mol. The number of benzene rings is 1. The van der Waals surface area contributed by atoms with Crippen molar-refractivity contribution in [3.8, 4) is 0 Å². The van der Waals surface area contributed by atoms with Crippen LogP contribution < -0.4 is 0 Å². The van der Waals surface area contributed by atoms with Crippen LogP contribution in [0.5, 0.6) is 0 Å². The highest BCUT2D eigenvalue weighted by molar-refractivity contribution is 5.82. The lowest BCUT2D eigenvalue weighted by Crippen LogP contribution is -2.41. The van der Waals surface area contributed by atoms with Crippen LogP contribution in [0, 0.1) is 0 Å². The molecule has 1 aliphatic heterocycles. The van der Waals surface area contributed by atoms with Crippen molar-refractivity contribution in [3.63, 3.8) is 0 Å². The van der Waals surface area contributed by atoms with Crippen molar-refractivity contribution in [1.82, 2.24) is 4.90 Å². The zero-order valence-electron chi connectivity index (χ0n) is 20.8. The van der Waals surface area contributed by atoms with Gasteiger partial charge >= 0.3 is 6.09 Å². The zero-order valence-corrected chi connectivity index (χ0v) is 11.8. The molecule has 22 heavy (non-hydrogen) atoms. The molecule has 1 aromatic heterocycles. The zero-order chi connectivity index (χ0) is 23.6. The average Bonchev–Trinajstić information content (AvgIpc) is 3.15. The van der Waals surface area contributed by atoms with Crippen molar-refractivity contribution in [3.05, 3.63) is 35.6 Å². The molecular weight excluding hydrogens is 282 g/mol. The summed E-state index contributed by atoms with van der Waals surface area (Å²) in [5.41, 5.74) is -2.70. The molecule has 2 heterocycles. The minimum Gasteiger partial charge on any atom is -0.457 e. The van der Waals surface area contributed by atoms with Crippen LogP contribution in [0.2, 0.25) is 0 Å². The van der Waals surface area contributed by atoms with Crippen LogP contribution in [0.3, 0.4) is 0 Å². The van der Waals surface area contributed by atoms with E-state index in [0.717, 1.165) is 0 Å². The van der Waals surface area contributed by atoms with E-state index in [9.17, 15) is 9.90 Å². The largest absolute Gasteiger partial charge is 0.457 e. The Morgan fingerprint density at radius 1 is 1.45 bits per heavy atom. The first-order valence-electron chi connectivity index (χ1n) is 11.2. The molecule has 0 aliphatic carbocycles. The van der Waals surface area contributed by atoms with Gasteiger partial charge in [-0.25, -0.2) is 4.79 Å². The number of hydrogen-bond donors (Lipinski definition) is 1. The Hall–Kier alpha value is -2.01. The second-order valence-electron chi connectivity index (χ2n) is 5.28. The van der Waals surface area contributed by atoms with Gasteiger partial charge in [0.1, 0.15) is 11.3 Å². The number of nitrogens with zero attached hydrogens (tertiary/aromatic N) is 1. The number of para-hydroxylation sites is 1. The van der Waals surface area contributed by atoms with E-state index < -0.39 is 50.9 Å². The maximum absolute atomic E-state index is 12.6. The van der Waals surface area contributed by atoms with Gasteiger partial charge in [-0.3, -0.25) is 4.90 Å². The van der Waals surface area contributed by atoms with Gasteiger partial charge < -0.3 is 14.3 Å². The van der Waals surface area contributed by atoms with Gasteiger partial charge in [-0.15, -0.1) is 0 Å². The number of hydrogen-bond acceptors (Lipinski definition) is 4. The fraction of sp³-hybridized carbons (Fsp3) is 0.471. The topological polar surface area (TPSA) is 62.9 Å². The van der Waals surface area contributed by atoms with Crippen LogP contribution in [0.4, 0.5) is 4.79 Å². The van der Waals surface area contributed by atoms with Gasteiger partial charge in [-0.1, -0.05) is 18.2 Å². The highest BCUT2D eigenvalue weighted by Gasteiger charge is 2.40. The molecule has 1 aliphatic rings. The summed E-state index contributed by atoms with van der Waals surface area (Å²) in [4.78, 5) is 12.9. The molecule has 2 aromatic rings. The molecule has 0 spiro atoms. The lowest BCUT2D eigenvalue weighted by Gasteiger charge is -2.28. The van der Waals surface area contributed by atoms with Crippen molar-refractivity contribution < 1.29 is 31.4 Å². The number of carbonyl (C=O) groups is 1.